The number of hydrogen-bond acceptors (Lipinski definition) is 3. The van der Waals surface area contributed by atoms with Gasteiger partial charge in [0.25, 0.3) is 5.91 Å². The molecule has 1 N–H and O–H groups in total. The minimum absolute atomic E-state index is 0.147. The fourth-order valence-corrected chi connectivity index (χ4v) is 4.88. The van der Waals surface area contributed by atoms with Gasteiger partial charge in [-0.25, -0.2) is 0 Å². The van der Waals surface area contributed by atoms with E-state index >= 15 is 0 Å². The third kappa shape index (κ3) is 3.78. The number of fused-ring (bicyclic) bond motifs is 1. The molecule has 1 aliphatic rings. The van der Waals surface area contributed by atoms with E-state index in [-0.39, 0.29) is 5.91 Å². The number of likely N-dealkylation sites (tertiary alicyclic amines) is 1. The highest BCUT2D eigenvalue weighted by Crippen LogP contribution is 2.35. The van der Waals surface area contributed by atoms with E-state index < -0.39 is 0 Å². The summed E-state index contributed by atoms with van der Waals surface area (Å²) < 4.78 is 1.03. The lowest BCUT2D eigenvalue weighted by Crippen LogP contribution is -2.29. The lowest BCUT2D eigenvalue weighted by molar-refractivity contribution is 0.103. The molecule has 1 aliphatic heterocycles. The van der Waals surface area contributed by atoms with Crippen molar-refractivity contribution in [2.75, 3.05) is 18.4 Å². The minimum Gasteiger partial charge on any atom is -0.321 e. The van der Waals surface area contributed by atoms with Gasteiger partial charge in [-0.1, -0.05) is 48.4 Å². The Morgan fingerprint density at radius 2 is 1.88 bits per heavy atom. The van der Waals surface area contributed by atoms with Crippen molar-refractivity contribution in [3.05, 3.63) is 64.0 Å². The van der Waals surface area contributed by atoms with E-state index in [1.165, 1.54) is 36.2 Å². The molecule has 0 spiro atoms. The first-order chi connectivity index (χ1) is 12.7. The quantitative estimate of drug-likeness (QED) is 0.617. The maximum atomic E-state index is 12.7. The molecule has 1 fully saturated rings. The van der Waals surface area contributed by atoms with Crippen LogP contribution in [-0.2, 0) is 6.54 Å². The standard InChI is InChI=1S/C21H21ClN2OS/c22-19-17-9-2-3-10-18(17)26-20(19)21(25)23-16-8-6-7-15(13-16)14-24-11-4-1-5-12-24/h2-3,6-10,13H,1,4-5,11-12,14H2,(H,23,25). The van der Waals surface area contributed by atoms with E-state index in [0.717, 1.165) is 35.4 Å². The predicted octanol–water partition coefficient (Wildman–Crippen LogP) is 5.79. The van der Waals surface area contributed by atoms with Crippen LogP contribution in [-0.4, -0.2) is 23.9 Å². The molecule has 0 saturated carbocycles. The van der Waals surface area contributed by atoms with Crippen LogP contribution in [0.4, 0.5) is 5.69 Å². The van der Waals surface area contributed by atoms with Crippen LogP contribution in [0.5, 0.6) is 0 Å². The van der Waals surface area contributed by atoms with Crippen LogP contribution in [0.2, 0.25) is 5.02 Å². The molecular weight excluding hydrogens is 364 g/mol. The molecule has 1 amide bonds. The van der Waals surface area contributed by atoms with Gasteiger partial charge >= 0.3 is 0 Å². The average molecular weight is 385 g/mol. The first kappa shape index (κ1) is 17.5. The number of anilines is 1. The van der Waals surface area contributed by atoms with Gasteiger partial charge in [0.1, 0.15) is 4.88 Å². The summed E-state index contributed by atoms with van der Waals surface area (Å²) in [6.07, 6.45) is 3.89. The molecule has 0 radical (unpaired) electrons. The number of hydrogen-bond donors (Lipinski definition) is 1. The number of carbonyl (C=O) groups excluding carboxylic acids is 1. The normalized spacial score (nSPS) is 15.3. The van der Waals surface area contributed by atoms with Crippen molar-refractivity contribution in [2.24, 2.45) is 0 Å². The smallest absolute Gasteiger partial charge is 0.267 e. The second kappa shape index (κ2) is 7.78. The van der Waals surface area contributed by atoms with Gasteiger partial charge in [-0.15, -0.1) is 11.3 Å². The van der Waals surface area contributed by atoms with Gasteiger partial charge in [0.15, 0.2) is 0 Å². The van der Waals surface area contributed by atoms with E-state index in [2.05, 4.69) is 22.3 Å². The van der Waals surface area contributed by atoms with Crippen molar-refractivity contribution < 1.29 is 4.79 Å². The summed E-state index contributed by atoms with van der Waals surface area (Å²) in [5, 5.41) is 4.47. The Morgan fingerprint density at radius 1 is 1.08 bits per heavy atom. The number of nitrogens with one attached hydrogen (secondary N) is 1. The maximum absolute atomic E-state index is 12.7. The molecule has 1 aromatic heterocycles. The number of piperidine rings is 1. The molecule has 2 aromatic carbocycles. The summed E-state index contributed by atoms with van der Waals surface area (Å²) in [5.41, 5.74) is 2.05. The van der Waals surface area contributed by atoms with Crippen molar-refractivity contribution in [1.29, 1.82) is 0 Å². The fraction of sp³-hybridized carbons (Fsp3) is 0.286. The number of amides is 1. The summed E-state index contributed by atoms with van der Waals surface area (Å²) in [6.45, 7) is 3.26. The van der Waals surface area contributed by atoms with E-state index in [1.807, 2.05) is 36.4 Å². The van der Waals surface area contributed by atoms with Crippen LogP contribution < -0.4 is 5.32 Å². The van der Waals surface area contributed by atoms with E-state index in [9.17, 15) is 4.79 Å². The monoisotopic (exact) mass is 384 g/mol. The molecule has 0 unspecified atom stereocenters. The zero-order valence-corrected chi connectivity index (χ0v) is 16.1. The Kier molecular flexibility index (Phi) is 5.25. The molecule has 0 aliphatic carbocycles. The van der Waals surface area contributed by atoms with E-state index in [1.54, 1.807) is 0 Å². The second-order valence-electron chi connectivity index (χ2n) is 6.73. The van der Waals surface area contributed by atoms with Crippen molar-refractivity contribution in [3.8, 4) is 0 Å². The molecule has 3 aromatic rings. The van der Waals surface area contributed by atoms with Crippen LogP contribution in [0, 0.1) is 0 Å². The number of halogens is 1. The molecular formula is C21H21ClN2OS. The van der Waals surface area contributed by atoms with Gasteiger partial charge in [0.2, 0.25) is 0 Å². The fourth-order valence-electron chi connectivity index (χ4n) is 3.47. The lowest BCUT2D eigenvalue weighted by Gasteiger charge is -2.26. The zero-order chi connectivity index (χ0) is 17.9. The highest BCUT2D eigenvalue weighted by Gasteiger charge is 2.17. The summed E-state index contributed by atoms with van der Waals surface area (Å²) in [4.78, 5) is 15.8. The molecule has 3 nitrogen and oxygen atoms in total. The molecule has 1 saturated heterocycles. The SMILES string of the molecule is O=C(Nc1cccc(CN2CCCCC2)c1)c1sc2ccccc2c1Cl. The van der Waals surface area contributed by atoms with Gasteiger partial charge in [-0.3, -0.25) is 9.69 Å². The van der Waals surface area contributed by atoms with E-state index in [0.29, 0.717) is 9.90 Å². The summed E-state index contributed by atoms with van der Waals surface area (Å²) in [7, 11) is 0. The topological polar surface area (TPSA) is 32.3 Å². The largest absolute Gasteiger partial charge is 0.321 e. The molecule has 0 bridgehead atoms. The summed E-state index contributed by atoms with van der Waals surface area (Å²) >= 11 is 7.85. The van der Waals surface area contributed by atoms with Crippen molar-refractivity contribution in [3.63, 3.8) is 0 Å². The molecule has 26 heavy (non-hydrogen) atoms. The minimum atomic E-state index is -0.147. The molecule has 4 rings (SSSR count). The van der Waals surface area contributed by atoms with Crippen LogP contribution in [0.15, 0.2) is 48.5 Å². The van der Waals surface area contributed by atoms with Crippen molar-refractivity contribution in [1.82, 2.24) is 4.90 Å². The van der Waals surface area contributed by atoms with Crippen molar-refractivity contribution in [2.45, 2.75) is 25.8 Å². The number of benzene rings is 2. The average Bonchev–Trinajstić information content (AvgIpc) is 3.00. The van der Waals surface area contributed by atoms with E-state index in [4.69, 9.17) is 11.6 Å². The van der Waals surface area contributed by atoms with Gasteiger partial charge < -0.3 is 5.32 Å². The maximum Gasteiger partial charge on any atom is 0.267 e. The van der Waals surface area contributed by atoms with Gasteiger partial charge in [-0.05, 0) is 49.7 Å². The number of thiophene rings is 1. The summed E-state index contributed by atoms with van der Waals surface area (Å²) in [6, 6.07) is 15.9. The number of carbonyl (C=O) groups is 1. The van der Waals surface area contributed by atoms with Crippen LogP contribution in [0.3, 0.4) is 0 Å². The first-order valence-corrected chi connectivity index (χ1v) is 10.2. The Hall–Kier alpha value is -1.88. The third-order valence-corrected chi connectivity index (χ3v) is 6.46. The Balaban J connectivity index is 1.50. The molecule has 5 heteroatoms. The third-order valence-electron chi connectivity index (χ3n) is 4.78. The van der Waals surface area contributed by atoms with Gasteiger partial charge in [0, 0.05) is 22.3 Å². The predicted molar refractivity (Wildman–Crippen MR) is 110 cm³/mol. The lowest BCUT2D eigenvalue weighted by atomic mass is 10.1. The Bertz CT molecular complexity index is 931. The second-order valence-corrected chi connectivity index (χ2v) is 8.16. The van der Waals surface area contributed by atoms with Gasteiger partial charge in [-0.2, -0.15) is 0 Å². The number of rotatable bonds is 4. The first-order valence-electron chi connectivity index (χ1n) is 9.00. The molecule has 134 valence electrons. The molecule has 0 atom stereocenters. The van der Waals surface area contributed by atoms with Crippen molar-refractivity contribution >= 4 is 44.6 Å². The highest BCUT2D eigenvalue weighted by molar-refractivity contribution is 7.21. The van der Waals surface area contributed by atoms with Crippen LogP contribution >= 0.6 is 22.9 Å². The van der Waals surface area contributed by atoms with Gasteiger partial charge in [0.05, 0.1) is 5.02 Å². The Labute approximate surface area is 162 Å². The van der Waals surface area contributed by atoms with Crippen LogP contribution in [0.1, 0.15) is 34.5 Å². The molecule has 2 heterocycles. The Morgan fingerprint density at radius 3 is 2.69 bits per heavy atom. The summed E-state index contributed by atoms with van der Waals surface area (Å²) in [5.74, 6) is -0.147. The zero-order valence-electron chi connectivity index (χ0n) is 14.5. The number of nitrogens with zero attached hydrogens (tertiary/aromatic N) is 1. The van der Waals surface area contributed by atoms with Crippen LogP contribution in [0.25, 0.3) is 10.1 Å². The highest BCUT2D eigenvalue weighted by atomic mass is 35.5.